The van der Waals surface area contributed by atoms with E-state index in [-0.39, 0.29) is 18.1 Å². The first-order chi connectivity index (χ1) is 11.1. The summed E-state index contributed by atoms with van der Waals surface area (Å²) >= 11 is 0. The molecule has 24 heavy (non-hydrogen) atoms. The minimum Gasteiger partial charge on any atom is -0.479 e. The molecule has 1 heterocycles. The summed E-state index contributed by atoms with van der Waals surface area (Å²) in [5.41, 5.74) is -4.20. The molecule has 1 aliphatic carbocycles. The molecule has 9 nitrogen and oxygen atoms in total. The van der Waals surface area contributed by atoms with Crippen LogP contribution in [0.4, 0.5) is 0 Å². The molecule has 0 spiro atoms. The van der Waals surface area contributed by atoms with Crippen LogP contribution in [0.3, 0.4) is 0 Å². The zero-order valence-corrected chi connectivity index (χ0v) is 14.0. The first kappa shape index (κ1) is 17.9. The van der Waals surface area contributed by atoms with E-state index in [1.54, 1.807) is 20.8 Å². The molecule has 1 saturated carbocycles. The third-order valence-corrected chi connectivity index (χ3v) is 4.88. The highest BCUT2D eigenvalue weighted by atomic mass is 16.5. The lowest BCUT2D eigenvalue weighted by Gasteiger charge is -2.58. The number of nitrogens with zero attached hydrogens (tertiary/aromatic N) is 1. The van der Waals surface area contributed by atoms with Crippen molar-refractivity contribution in [3.63, 3.8) is 0 Å². The highest BCUT2D eigenvalue weighted by Gasteiger charge is 2.66. The molecule has 1 aromatic rings. The maximum atomic E-state index is 12.4. The molecule has 1 aliphatic rings. The van der Waals surface area contributed by atoms with Crippen LogP contribution in [0.25, 0.3) is 0 Å². The van der Waals surface area contributed by atoms with Gasteiger partial charge in [-0.05, 0) is 6.92 Å². The van der Waals surface area contributed by atoms with E-state index in [1.807, 2.05) is 0 Å². The number of aromatic nitrogens is 2. The molecule has 2 rings (SSSR count). The van der Waals surface area contributed by atoms with Crippen LogP contribution in [0.1, 0.15) is 37.6 Å². The zero-order valence-electron chi connectivity index (χ0n) is 14.0. The number of carboxylic acids is 1. The van der Waals surface area contributed by atoms with Crippen molar-refractivity contribution in [1.82, 2.24) is 14.9 Å². The second-order valence-electron chi connectivity index (χ2n) is 6.41. The van der Waals surface area contributed by atoms with Crippen molar-refractivity contribution in [1.29, 1.82) is 0 Å². The van der Waals surface area contributed by atoms with E-state index in [1.165, 1.54) is 7.05 Å². The Labute approximate surface area is 137 Å². The monoisotopic (exact) mass is 339 g/mol. The molecule has 0 bridgehead atoms. The molecule has 1 aromatic heterocycles. The molecule has 1 amide bonds. The number of amides is 1. The Hall–Kier alpha value is -2.42. The quantitative estimate of drug-likeness (QED) is 0.660. The van der Waals surface area contributed by atoms with Gasteiger partial charge in [0.25, 0.3) is 11.5 Å². The minimum atomic E-state index is -1.55. The fourth-order valence-electron chi connectivity index (χ4n) is 3.03. The van der Waals surface area contributed by atoms with Gasteiger partial charge >= 0.3 is 11.7 Å². The zero-order chi connectivity index (χ0) is 18.3. The van der Waals surface area contributed by atoms with Crippen LogP contribution >= 0.6 is 0 Å². The van der Waals surface area contributed by atoms with Crippen molar-refractivity contribution in [2.45, 2.75) is 38.8 Å². The first-order valence-electron chi connectivity index (χ1n) is 7.54. The Morgan fingerprint density at radius 1 is 1.46 bits per heavy atom. The van der Waals surface area contributed by atoms with Gasteiger partial charge in [0, 0.05) is 31.7 Å². The number of aromatic amines is 1. The molecular formula is C15H21N3O6. The number of carbonyl (C=O) groups excluding carboxylic acids is 1. The molecule has 1 fully saturated rings. The van der Waals surface area contributed by atoms with Gasteiger partial charge in [0.1, 0.15) is 11.1 Å². The number of hydrogen-bond donors (Lipinski definition) is 3. The largest absolute Gasteiger partial charge is 0.479 e. The number of nitrogens with one attached hydrogen (secondary N) is 2. The van der Waals surface area contributed by atoms with E-state index >= 15 is 0 Å². The van der Waals surface area contributed by atoms with E-state index < -0.39 is 34.1 Å². The molecule has 2 unspecified atom stereocenters. The second kappa shape index (κ2) is 5.90. The number of ether oxygens (including phenoxy) is 1. The molecule has 132 valence electrons. The van der Waals surface area contributed by atoms with Gasteiger partial charge in [-0.2, -0.15) is 0 Å². The van der Waals surface area contributed by atoms with Crippen LogP contribution in [0.5, 0.6) is 0 Å². The predicted octanol–water partition coefficient (Wildman–Crippen LogP) is -0.538. The summed E-state index contributed by atoms with van der Waals surface area (Å²) in [6.07, 6.45) is 0.761. The van der Waals surface area contributed by atoms with Crippen LogP contribution in [0, 0.1) is 5.41 Å². The number of carboxylic acid groups (broad SMARTS) is 1. The number of rotatable bonds is 5. The Balaban J connectivity index is 2.36. The van der Waals surface area contributed by atoms with Gasteiger partial charge in [-0.3, -0.25) is 14.2 Å². The third-order valence-electron chi connectivity index (χ3n) is 4.88. The molecule has 0 radical (unpaired) electrons. The standard InChI is InChI=1S/C15H21N3O6/c1-5-24-9-6-15(12(21)22,14(9,2)3)17-10(19)8-7-16-13(23)18(4)11(8)20/h7,9H,5-6H2,1-4H3,(H,16,23)(H,17,19)(H,21,22). The molecule has 3 N–H and O–H groups in total. The van der Waals surface area contributed by atoms with E-state index in [2.05, 4.69) is 10.3 Å². The van der Waals surface area contributed by atoms with Crippen molar-refractivity contribution < 1.29 is 19.4 Å². The van der Waals surface area contributed by atoms with Gasteiger partial charge in [-0.15, -0.1) is 0 Å². The normalized spacial score (nSPS) is 24.9. The summed E-state index contributed by atoms with van der Waals surface area (Å²) in [5, 5.41) is 12.1. The smallest absolute Gasteiger partial charge is 0.330 e. The van der Waals surface area contributed by atoms with Crippen molar-refractivity contribution in [2.24, 2.45) is 12.5 Å². The molecule has 0 saturated heterocycles. The number of carbonyl (C=O) groups is 2. The Bertz CT molecular complexity index is 793. The summed E-state index contributed by atoms with van der Waals surface area (Å²) in [7, 11) is 1.23. The lowest BCUT2D eigenvalue weighted by Crippen LogP contribution is -2.76. The van der Waals surface area contributed by atoms with Crippen LogP contribution < -0.4 is 16.6 Å². The van der Waals surface area contributed by atoms with Gasteiger partial charge in [0.05, 0.1) is 6.10 Å². The molecule has 2 atom stereocenters. The van der Waals surface area contributed by atoms with E-state index in [0.29, 0.717) is 6.61 Å². The SMILES string of the molecule is CCOC1CC(NC(=O)c2c[nH]c(=O)n(C)c2=O)(C(=O)O)C1(C)C. The molecular weight excluding hydrogens is 318 g/mol. The predicted molar refractivity (Wildman–Crippen MR) is 83.9 cm³/mol. The Morgan fingerprint density at radius 3 is 2.58 bits per heavy atom. The summed E-state index contributed by atoms with van der Waals surface area (Å²) in [5.74, 6) is -2.05. The Kier molecular flexibility index (Phi) is 4.40. The van der Waals surface area contributed by atoms with Crippen LogP contribution in [-0.4, -0.2) is 44.8 Å². The summed E-state index contributed by atoms with van der Waals surface area (Å²) in [6.45, 7) is 5.62. The molecule has 0 aromatic carbocycles. The summed E-state index contributed by atoms with van der Waals surface area (Å²) in [6, 6.07) is 0. The van der Waals surface area contributed by atoms with Crippen molar-refractivity contribution in [3.05, 3.63) is 32.6 Å². The summed E-state index contributed by atoms with van der Waals surface area (Å²) in [4.78, 5) is 49.9. The molecule has 0 aliphatic heterocycles. The van der Waals surface area contributed by atoms with Gasteiger partial charge < -0.3 is 20.1 Å². The first-order valence-corrected chi connectivity index (χ1v) is 7.54. The van der Waals surface area contributed by atoms with Crippen molar-refractivity contribution in [3.8, 4) is 0 Å². The van der Waals surface area contributed by atoms with Gasteiger partial charge in [0.15, 0.2) is 0 Å². The van der Waals surface area contributed by atoms with E-state index in [9.17, 15) is 24.3 Å². The fraction of sp³-hybridized carbons (Fsp3) is 0.600. The topological polar surface area (TPSA) is 130 Å². The van der Waals surface area contributed by atoms with Gasteiger partial charge in [0.2, 0.25) is 0 Å². The lowest BCUT2D eigenvalue weighted by atomic mass is 9.54. The van der Waals surface area contributed by atoms with Gasteiger partial charge in [-0.1, -0.05) is 13.8 Å². The average molecular weight is 339 g/mol. The minimum absolute atomic E-state index is 0.0958. The number of aliphatic carboxylic acids is 1. The van der Waals surface area contributed by atoms with Crippen LogP contribution in [-0.2, 0) is 16.6 Å². The third kappa shape index (κ3) is 2.44. The van der Waals surface area contributed by atoms with E-state index in [4.69, 9.17) is 4.74 Å². The van der Waals surface area contributed by atoms with Crippen LogP contribution in [0.2, 0.25) is 0 Å². The number of H-pyrrole nitrogens is 1. The number of hydrogen-bond acceptors (Lipinski definition) is 5. The average Bonchev–Trinajstić information content (AvgIpc) is 2.50. The van der Waals surface area contributed by atoms with Crippen LogP contribution in [0.15, 0.2) is 15.8 Å². The maximum Gasteiger partial charge on any atom is 0.330 e. The van der Waals surface area contributed by atoms with E-state index in [0.717, 1.165) is 10.8 Å². The Morgan fingerprint density at radius 2 is 2.08 bits per heavy atom. The maximum absolute atomic E-state index is 12.4. The lowest BCUT2D eigenvalue weighted by molar-refractivity contribution is -0.190. The highest BCUT2D eigenvalue weighted by molar-refractivity contribution is 5.98. The highest BCUT2D eigenvalue weighted by Crippen LogP contribution is 2.51. The van der Waals surface area contributed by atoms with Gasteiger partial charge in [-0.25, -0.2) is 9.59 Å². The second-order valence-corrected chi connectivity index (χ2v) is 6.41. The van der Waals surface area contributed by atoms with Crippen molar-refractivity contribution in [2.75, 3.05) is 6.61 Å². The molecule has 9 heteroatoms. The summed E-state index contributed by atoms with van der Waals surface area (Å²) < 4.78 is 6.26. The van der Waals surface area contributed by atoms with Crippen molar-refractivity contribution >= 4 is 11.9 Å². The fourth-order valence-corrected chi connectivity index (χ4v) is 3.03.